The fraction of sp³-hybridized carbons (Fsp3) is 0.545. The number of amides is 2. The summed E-state index contributed by atoms with van der Waals surface area (Å²) in [6.45, 7) is 0.632. The highest BCUT2D eigenvalue weighted by molar-refractivity contribution is 5.94. The lowest BCUT2D eigenvalue weighted by atomic mass is 10.2. The molecule has 0 aromatic carbocycles. The average molecular weight is 256 g/mol. The van der Waals surface area contributed by atoms with E-state index in [0.717, 1.165) is 12.8 Å². The molecular formula is C11H16N2O5. The van der Waals surface area contributed by atoms with E-state index in [9.17, 15) is 14.4 Å². The number of hydrogen-bond acceptors (Lipinski definition) is 6. The van der Waals surface area contributed by atoms with Gasteiger partial charge in [0.25, 0.3) is 12.4 Å². The van der Waals surface area contributed by atoms with Gasteiger partial charge in [-0.05, 0) is 12.8 Å². The number of ether oxygens (including phenoxy) is 2. The van der Waals surface area contributed by atoms with E-state index in [1.807, 2.05) is 5.32 Å². The lowest BCUT2D eigenvalue weighted by Gasteiger charge is -2.22. The number of imide groups is 1. The molecule has 100 valence electrons. The minimum atomic E-state index is -0.490. The van der Waals surface area contributed by atoms with E-state index < -0.39 is 5.91 Å². The third kappa shape index (κ3) is 4.54. The second-order valence-electron chi connectivity index (χ2n) is 3.83. The predicted octanol–water partition coefficient (Wildman–Crippen LogP) is -0.617. The van der Waals surface area contributed by atoms with Crippen LogP contribution < -0.4 is 5.32 Å². The summed E-state index contributed by atoms with van der Waals surface area (Å²) in [6, 6.07) is 0. The molecule has 0 spiro atoms. The minimum Gasteiger partial charge on any atom is -0.465 e. The zero-order valence-corrected chi connectivity index (χ0v) is 10.1. The highest BCUT2D eigenvalue weighted by atomic mass is 16.6. The molecule has 0 aliphatic carbocycles. The lowest BCUT2D eigenvalue weighted by molar-refractivity contribution is -0.134. The molecule has 1 aliphatic rings. The van der Waals surface area contributed by atoms with Gasteiger partial charge in [-0.2, -0.15) is 0 Å². The molecule has 0 aromatic heterocycles. The molecule has 0 aromatic rings. The van der Waals surface area contributed by atoms with Crippen LogP contribution in [0.5, 0.6) is 0 Å². The van der Waals surface area contributed by atoms with E-state index in [2.05, 4.69) is 4.74 Å². The molecule has 0 radical (unpaired) electrons. The van der Waals surface area contributed by atoms with Gasteiger partial charge in [0.1, 0.15) is 12.8 Å². The molecule has 1 N–H and O–H groups in total. The highest BCUT2D eigenvalue weighted by Crippen LogP contribution is 2.22. The Morgan fingerprint density at radius 1 is 1.50 bits per heavy atom. The summed E-state index contributed by atoms with van der Waals surface area (Å²) in [4.78, 5) is 32.8. The molecule has 1 aliphatic heterocycles. The summed E-state index contributed by atoms with van der Waals surface area (Å²) in [5.41, 5.74) is 0. The third-order valence-corrected chi connectivity index (χ3v) is 2.55. The maximum Gasteiger partial charge on any atom is 0.293 e. The van der Waals surface area contributed by atoms with Crippen molar-refractivity contribution in [3.8, 4) is 0 Å². The minimum absolute atomic E-state index is 0.111. The van der Waals surface area contributed by atoms with Crippen LogP contribution in [0.4, 0.5) is 0 Å². The van der Waals surface area contributed by atoms with Crippen molar-refractivity contribution < 1.29 is 23.9 Å². The Labute approximate surface area is 105 Å². The molecule has 1 fully saturated rings. The standard InChI is InChI=1S/C11H16N2O5/c1-13(5-4-10(16)12-7-14)11-3-2-9(18-11)6-17-8-15/h4-5,7-9,11H,2-3,6H2,1H3,(H,12,14,16)/b5-4-. The van der Waals surface area contributed by atoms with Gasteiger partial charge in [-0.25, -0.2) is 0 Å². The number of rotatable bonds is 7. The normalized spacial score (nSPS) is 22.7. The van der Waals surface area contributed by atoms with Gasteiger partial charge in [-0.1, -0.05) is 0 Å². The van der Waals surface area contributed by atoms with Crippen LogP contribution in [-0.2, 0) is 23.9 Å². The monoisotopic (exact) mass is 256 g/mol. The molecule has 1 rings (SSSR count). The Morgan fingerprint density at radius 2 is 2.28 bits per heavy atom. The summed E-state index contributed by atoms with van der Waals surface area (Å²) in [6.07, 6.45) is 4.40. The Morgan fingerprint density at radius 3 is 2.94 bits per heavy atom. The third-order valence-electron chi connectivity index (χ3n) is 2.55. The first-order chi connectivity index (χ1) is 8.67. The van der Waals surface area contributed by atoms with Gasteiger partial charge < -0.3 is 14.4 Å². The van der Waals surface area contributed by atoms with E-state index in [1.54, 1.807) is 11.9 Å². The van der Waals surface area contributed by atoms with Crippen molar-refractivity contribution in [1.82, 2.24) is 10.2 Å². The van der Waals surface area contributed by atoms with E-state index in [4.69, 9.17) is 4.74 Å². The highest BCUT2D eigenvalue weighted by Gasteiger charge is 2.27. The van der Waals surface area contributed by atoms with Gasteiger partial charge in [0.05, 0.1) is 6.10 Å². The summed E-state index contributed by atoms with van der Waals surface area (Å²) >= 11 is 0. The van der Waals surface area contributed by atoms with Gasteiger partial charge in [0.15, 0.2) is 0 Å². The van der Waals surface area contributed by atoms with E-state index in [1.165, 1.54) is 12.3 Å². The molecule has 2 unspecified atom stereocenters. The van der Waals surface area contributed by atoms with Gasteiger partial charge in [-0.3, -0.25) is 19.7 Å². The van der Waals surface area contributed by atoms with E-state index in [-0.39, 0.29) is 18.9 Å². The second-order valence-corrected chi connectivity index (χ2v) is 3.83. The molecule has 7 heteroatoms. The first kappa shape index (κ1) is 14.2. The molecule has 18 heavy (non-hydrogen) atoms. The Kier molecular flexibility index (Phi) is 5.86. The number of carbonyl (C=O) groups is 3. The summed E-state index contributed by atoms with van der Waals surface area (Å²) < 4.78 is 10.2. The van der Waals surface area contributed by atoms with Crippen LogP contribution in [0.1, 0.15) is 12.8 Å². The fourth-order valence-electron chi connectivity index (χ4n) is 1.64. The first-order valence-electron chi connectivity index (χ1n) is 5.52. The van der Waals surface area contributed by atoms with Gasteiger partial charge in [0.2, 0.25) is 6.41 Å². The molecule has 2 amide bonds. The smallest absolute Gasteiger partial charge is 0.293 e. The quantitative estimate of drug-likeness (QED) is 0.483. The van der Waals surface area contributed by atoms with E-state index in [0.29, 0.717) is 12.9 Å². The van der Waals surface area contributed by atoms with Gasteiger partial charge >= 0.3 is 0 Å². The summed E-state index contributed by atoms with van der Waals surface area (Å²) in [5.74, 6) is -0.490. The number of hydrogen-bond donors (Lipinski definition) is 1. The number of carbonyl (C=O) groups excluding carboxylic acids is 3. The Balaban J connectivity index is 2.35. The van der Waals surface area contributed by atoms with Crippen molar-refractivity contribution >= 4 is 18.8 Å². The van der Waals surface area contributed by atoms with Crippen LogP contribution in [0.3, 0.4) is 0 Å². The van der Waals surface area contributed by atoms with Crippen LogP contribution >= 0.6 is 0 Å². The Bertz CT molecular complexity index is 331. The number of nitrogens with one attached hydrogen (secondary N) is 1. The maximum absolute atomic E-state index is 11.0. The van der Waals surface area contributed by atoms with Crippen molar-refractivity contribution in [2.24, 2.45) is 0 Å². The zero-order chi connectivity index (χ0) is 13.4. The van der Waals surface area contributed by atoms with Crippen LogP contribution in [0, 0.1) is 0 Å². The first-order valence-corrected chi connectivity index (χ1v) is 5.52. The van der Waals surface area contributed by atoms with Crippen LogP contribution in [0.15, 0.2) is 12.3 Å². The lowest BCUT2D eigenvalue weighted by Crippen LogP contribution is -2.29. The summed E-state index contributed by atoms with van der Waals surface area (Å²) in [7, 11) is 1.76. The molecule has 0 bridgehead atoms. The van der Waals surface area contributed by atoms with Crippen LogP contribution in [0.25, 0.3) is 0 Å². The van der Waals surface area contributed by atoms with E-state index >= 15 is 0 Å². The van der Waals surface area contributed by atoms with Crippen molar-refractivity contribution in [3.05, 3.63) is 12.3 Å². The average Bonchev–Trinajstić information content (AvgIpc) is 2.82. The second kappa shape index (κ2) is 7.44. The van der Waals surface area contributed by atoms with Crippen molar-refractivity contribution in [3.63, 3.8) is 0 Å². The molecule has 7 nitrogen and oxygen atoms in total. The fourth-order valence-corrected chi connectivity index (χ4v) is 1.64. The maximum atomic E-state index is 11.0. The molecule has 2 atom stereocenters. The molecule has 1 heterocycles. The topological polar surface area (TPSA) is 84.9 Å². The SMILES string of the molecule is CN(/C=C\C(=O)NC=O)C1CCC(COC=O)O1. The van der Waals surface area contributed by atoms with Crippen LogP contribution in [0.2, 0.25) is 0 Å². The van der Waals surface area contributed by atoms with Crippen molar-refractivity contribution in [2.75, 3.05) is 13.7 Å². The molecule has 0 saturated carbocycles. The number of nitrogens with zero attached hydrogens (tertiary/aromatic N) is 1. The van der Waals surface area contributed by atoms with Crippen molar-refractivity contribution in [2.45, 2.75) is 25.2 Å². The van der Waals surface area contributed by atoms with Crippen LogP contribution in [-0.4, -0.2) is 49.7 Å². The molecule has 1 saturated heterocycles. The summed E-state index contributed by atoms with van der Waals surface area (Å²) in [5, 5.41) is 2.00. The largest absolute Gasteiger partial charge is 0.465 e. The Hall–Kier alpha value is -1.89. The van der Waals surface area contributed by atoms with Gasteiger partial charge in [-0.15, -0.1) is 0 Å². The molecular weight excluding hydrogens is 240 g/mol. The van der Waals surface area contributed by atoms with Gasteiger partial charge in [0, 0.05) is 19.3 Å². The zero-order valence-electron chi connectivity index (χ0n) is 10.1. The predicted molar refractivity (Wildman–Crippen MR) is 61.0 cm³/mol. The van der Waals surface area contributed by atoms with Crippen molar-refractivity contribution in [1.29, 1.82) is 0 Å².